The van der Waals surface area contributed by atoms with Gasteiger partial charge in [-0.15, -0.1) is 0 Å². The number of nitriles is 1. The molecular weight excluding hydrogens is 336 g/mol. The normalized spacial score (nSPS) is 11.1. The summed E-state index contributed by atoms with van der Waals surface area (Å²) in [6.45, 7) is 0. The molecule has 0 spiro atoms. The Bertz CT molecular complexity index is 1410. The third-order valence-electron chi connectivity index (χ3n) is 4.33. The first-order chi connectivity index (χ1) is 12.5. The van der Waals surface area contributed by atoms with Gasteiger partial charge in [0, 0.05) is 19.7 Å². The van der Waals surface area contributed by atoms with Crippen molar-refractivity contribution >= 4 is 16.9 Å². The molecule has 1 aromatic carbocycles. The van der Waals surface area contributed by atoms with E-state index in [0.29, 0.717) is 5.56 Å². The molecule has 128 valence electrons. The van der Waals surface area contributed by atoms with Gasteiger partial charge in [-0.25, -0.2) is 4.79 Å². The average Bonchev–Trinajstić information content (AvgIpc) is 3.03. The van der Waals surface area contributed by atoms with E-state index >= 15 is 0 Å². The number of hydrogen-bond acceptors (Lipinski definition) is 5. The highest BCUT2D eigenvalue weighted by Crippen LogP contribution is 2.24. The number of benzene rings is 1. The van der Waals surface area contributed by atoms with E-state index in [1.807, 2.05) is 6.07 Å². The second-order valence-electron chi connectivity index (χ2n) is 5.80. The van der Waals surface area contributed by atoms with Crippen LogP contribution < -0.4 is 16.8 Å². The van der Waals surface area contributed by atoms with Crippen molar-refractivity contribution in [3.05, 3.63) is 67.1 Å². The standard InChI is InChI=1S/C17H12N6O3/c1-21-13-12(15(25)22(2)17(21)26)23-11(9-6-4-3-5-7-9)10(8-18)14(24)20-16(23)19-13/h3-7H,1-2H3,(H,19,20,24). The van der Waals surface area contributed by atoms with Gasteiger partial charge in [0.1, 0.15) is 11.6 Å². The molecule has 0 bridgehead atoms. The Morgan fingerprint density at radius 2 is 1.77 bits per heavy atom. The summed E-state index contributed by atoms with van der Waals surface area (Å²) in [4.78, 5) is 44.1. The lowest BCUT2D eigenvalue weighted by molar-refractivity contribution is 0.708. The van der Waals surface area contributed by atoms with Crippen LogP contribution in [0.5, 0.6) is 0 Å². The molecule has 0 atom stereocenters. The number of rotatable bonds is 1. The number of aromatic nitrogens is 5. The van der Waals surface area contributed by atoms with Crippen LogP contribution in [0.3, 0.4) is 0 Å². The van der Waals surface area contributed by atoms with Crippen LogP contribution in [-0.2, 0) is 14.1 Å². The molecular formula is C17H12N6O3. The number of H-pyrrole nitrogens is 1. The predicted molar refractivity (Wildman–Crippen MR) is 94.0 cm³/mol. The molecule has 26 heavy (non-hydrogen) atoms. The molecule has 0 unspecified atom stereocenters. The van der Waals surface area contributed by atoms with E-state index in [1.54, 1.807) is 30.3 Å². The van der Waals surface area contributed by atoms with Gasteiger partial charge in [-0.3, -0.25) is 28.1 Å². The fourth-order valence-electron chi connectivity index (χ4n) is 3.05. The Labute approximate surface area is 145 Å². The van der Waals surface area contributed by atoms with Crippen LogP contribution in [0.2, 0.25) is 0 Å². The second kappa shape index (κ2) is 5.29. The van der Waals surface area contributed by atoms with E-state index in [9.17, 15) is 19.6 Å². The summed E-state index contributed by atoms with van der Waals surface area (Å²) in [5.74, 6) is 0.0844. The molecule has 0 saturated heterocycles. The van der Waals surface area contributed by atoms with Crippen LogP contribution >= 0.6 is 0 Å². The summed E-state index contributed by atoms with van der Waals surface area (Å²) in [6.07, 6.45) is 0. The molecule has 1 N–H and O–H groups in total. The zero-order valence-electron chi connectivity index (χ0n) is 13.8. The quantitative estimate of drug-likeness (QED) is 0.524. The predicted octanol–water partition coefficient (Wildman–Crippen LogP) is 0.112. The molecule has 4 rings (SSSR count). The molecule has 0 radical (unpaired) electrons. The highest BCUT2D eigenvalue weighted by Gasteiger charge is 2.22. The molecule has 0 aliphatic heterocycles. The highest BCUT2D eigenvalue weighted by molar-refractivity contribution is 5.81. The maximum absolute atomic E-state index is 12.8. The van der Waals surface area contributed by atoms with Crippen molar-refractivity contribution in [3.63, 3.8) is 0 Å². The molecule has 4 aromatic rings. The minimum absolute atomic E-state index is 0.0844. The Kier molecular flexibility index (Phi) is 3.17. The molecule has 0 saturated carbocycles. The minimum atomic E-state index is -0.615. The molecule has 0 aliphatic rings. The lowest BCUT2D eigenvalue weighted by Gasteiger charge is -2.09. The fraction of sp³-hybridized carbons (Fsp3) is 0.118. The average molecular weight is 348 g/mol. The van der Waals surface area contributed by atoms with E-state index in [0.717, 1.165) is 4.57 Å². The largest absolute Gasteiger partial charge is 0.332 e. The first-order valence-electron chi connectivity index (χ1n) is 7.65. The van der Waals surface area contributed by atoms with Crippen molar-refractivity contribution in [1.29, 1.82) is 5.26 Å². The minimum Gasteiger partial charge on any atom is -0.291 e. The zero-order valence-corrected chi connectivity index (χ0v) is 13.8. The van der Waals surface area contributed by atoms with Gasteiger partial charge in [0.05, 0.1) is 5.69 Å². The van der Waals surface area contributed by atoms with Crippen molar-refractivity contribution in [3.8, 4) is 17.3 Å². The van der Waals surface area contributed by atoms with E-state index < -0.39 is 16.8 Å². The summed E-state index contributed by atoms with van der Waals surface area (Å²) in [5.41, 5.74) is -0.786. The Hall–Kier alpha value is -3.93. The first kappa shape index (κ1) is 15.6. The number of aromatic amines is 1. The summed E-state index contributed by atoms with van der Waals surface area (Å²) >= 11 is 0. The lowest BCUT2D eigenvalue weighted by atomic mass is 10.1. The SMILES string of the molecule is Cn1c(=O)c2c(nc3[nH]c(=O)c(C#N)c(-c4ccccc4)n32)n(C)c1=O. The first-order valence-corrected chi connectivity index (χ1v) is 7.65. The molecule has 0 fully saturated rings. The Morgan fingerprint density at radius 1 is 1.08 bits per heavy atom. The van der Waals surface area contributed by atoms with Crippen molar-refractivity contribution in [2.45, 2.75) is 0 Å². The van der Waals surface area contributed by atoms with Crippen molar-refractivity contribution in [1.82, 2.24) is 23.5 Å². The fourth-order valence-corrected chi connectivity index (χ4v) is 3.05. The molecule has 3 aromatic heterocycles. The van der Waals surface area contributed by atoms with Crippen LogP contribution in [0, 0.1) is 11.3 Å². The van der Waals surface area contributed by atoms with E-state index in [2.05, 4.69) is 9.97 Å². The summed E-state index contributed by atoms with van der Waals surface area (Å²) in [5, 5.41) is 9.51. The smallest absolute Gasteiger partial charge is 0.291 e. The van der Waals surface area contributed by atoms with Gasteiger partial charge in [-0.1, -0.05) is 30.3 Å². The topological polar surface area (TPSA) is 118 Å². The van der Waals surface area contributed by atoms with Gasteiger partial charge >= 0.3 is 5.69 Å². The number of nitrogens with zero attached hydrogens (tertiary/aromatic N) is 5. The van der Waals surface area contributed by atoms with Crippen molar-refractivity contribution in [2.75, 3.05) is 0 Å². The zero-order chi connectivity index (χ0) is 18.6. The van der Waals surface area contributed by atoms with Gasteiger partial charge in [-0.05, 0) is 0 Å². The molecule has 0 aliphatic carbocycles. The van der Waals surface area contributed by atoms with Crippen molar-refractivity contribution in [2.24, 2.45) is 14.1 Å². The van der Waals surface area contributed by atoms with Gasteiger partial charge < -0.3 is 0 Å². The maximum atomic E-state index is 12.8. The summed E-state index contributed by atoms with van der Waals surface area (Å²) < 4.78 is 3.61. The van der Waals surface area contributed by atoms with Gasteiger partial charge in [0.2, 0.25) is 5.78 Å². The Morgan fingerprint density at radius 3 is 2.42 bits per heavy atom. The monoisotopic (exact) mass is 348 g/mol. The van der Waals surface area contributed by atoms with Crippen LogP contribution in [0.15, 0.2) is 44.7 Å². The molecule has 3 heterocycles. The van der Waals surface area contributed by atoms with E-state index in [1.165, 1.54) is 23.1 Å². The lowest BCUT2D eigenvalue weighted by Crippen LogP contribution is -2.37. The Balaban J connectivity index is 2.41. The number of nitrogens with one attached hydrogen (secondary N) is 1. The molecule has 0 amide bonds. The van der Waals surface area contributed by atoms with Gasteiger partial charge in [0.25, 0.3) is 11.1 Å². The number of aryl methyl sites for hydroxylation is 1. The van der Waals surface area contributed by atoms with Gasteiger partial charge in [-0.2, -0.15) is 10.2 Å². The van der Waals surface area contributed by atoms with Crippen molar-refractivity contribution < 1.29 is 0 Å². The van der Waals surface area contributed by atoms with Crippen LogP contribution in [-0.4, -0.2) is 23.5 Å². The summed E-state index contributed by atoms with van der Waals surface area (Å²) in [6, 6.07) is 10.7. The molecule has 9 nitrogen and oxygen atoms in total. The van der Waals surface area contributed by atoms with Crippen LogP contribution in [0.25, 0.3) is 28.2 Å². The van der Waals surface area contributed by atoms with E-state index in [-0.39, 0.29) is 28.2 Å². The molecule has 9 heteroatoms. The van der Waals surface area contributed by atoms with Crippen LogP contribution in [0.4, 0.5) is 0 Å². The summed E-state index contributed by atoms with van der Waals surface area (Å²) in [7, 11) is 2.85. The number of hydrogen-bond donors (Lipinski definition) is 1. The highest BCUT2D eigenvalue weighted by atomic mass is 16.2. The van der Waals surface area contributed by atoms with Gasteiger partial charge in [0.15, 0.2) is 11.2 Å². The number of imidazole rings is 1. The van der Waals surface area contributed by atoms with Crippen LogP contribution in [0.1, 0.15) is 5.56 Å². The van der Waals surface area contributed by atoms with E-state index in [4.69, 9.17) is 0 Å². The second-order valence-corrected chi connectivity index (χ2v) is 5.80. The third kappa shape index (κ3) is 1.89. The maximum Gasteiger partial charge on any atom is 0.332 e. The third-order valence-corrected chi connectivity index (χ3v) is 4.33. The number of fused-ring (bicyclic) bond motifs is 3.